The molecule has 1 aromatic heterocycles. The van der Waals surface area contributed by atoms with Gasteiger partial charge in [-0.3, -0.25) is 9.36 Å². The van der Waals surface area contributed by atoms with E-state index >= 15 is 0 Å². The van der Waals surface area contributed by atoms with E-state index in [1.165, 1.54) is 35.4 Å². The third-order valence-electron chi connectivity index (χ3n) is 7.83. The number of aromatic nitrogens is 1. The van der Waals surface area contributed by atoms with Gasteiger partial charge in [0.1, 0.15) is 11.8 Å². The van der Waals surface area contributed by atoms with Crippen LogP contribution in [0.15, 0.2) is 86.6 Å². The van der Waals surface area contributed by atoms with Crippen molar-refractivity contribution in [1.29, 1.82) is 0 Å². The number of hydrogen-bond donors (Lipinski definition) is 0. The van der Waals surface area contributed by atoms with Crippen LogP contribution in [0.4, 0.5) is 5.69 Å². The third-order valence-corrected chi connectivity index (χ3v) is 9.30. The first-order chi connectivity index (χ1) is 20.9. The molecule has 0 radical (unpaired) electrons. The summed E-state index contributed by atoms with van der Waals surface area (Å²) in [4.78, 5) is 35.9. The molecule has 7 nitrogen and oxygen atoms in total. The van der Waals surface area contributed by atoms with Gasteiger partial charge in [0.25, 0.3) is 5.56 Å². The van der Waals surface area contributed by atoms with E-state index in [1.807, 2.05) is 54.6 Å². The van der Waals surface area contributed by atoms with Gasteiger partial charge < -0.3 is 14.4 Å². The van der Waals surface area contributed by atoms with E-state index in [2.05, 4.69) is 46.0 Å². The average molecular weight is 659 g/mol. The molecule has 3 aromatic carbocycles. The second-order valence-electron chi connectivity index (χ2n) is 10.6. The molecule has 0 bridgehead atoms. The minimum atomic E-state index is -0.820. The largest absolute Gasteiger partial charge is 0.496 e. The predicted octanol–water partition coefficient (Wildman–Crippen LogP) is 5.62. The van der Waals surface area contributed by atoms with Crippen molar-refractivity contribution in [2.75, 3.05) is 31.7 Å². The fourth-order valence-corrected chi connectivity index (χ4v) is 7.27. The molecular formula is C34H32BrN3O4S. The van der Waals surface area contributed by atoms with E-state index in [0.29, 0.717) is 26.3 Å². The highest BCUT2D eigenvalue weighted by Gasteiger charge is 2.36. The number of rotatable bonds is 7. The molecule has 1 fully saturated rings. The number of halogens is 1. The van der Waals surface area contributed by atoms with Crippen LogP contribution < -0.4 is 24.5 Å². The molecule has 0 aliphatic carbocycles. The highest BCUT2D eigenvalue weighted by atomic mass is 79.9. The van der Waals surface area contributed by atoms with Gasteiger partial charge >= 0.3 is 5.97 Å². The lowest BCUT2D eigenvalue weighted by atomic mass is 9.92. The maximum Gasteiger partial charge on any atom is 0.338 e. The van der Waals surface area contributed by atoms with Crippen molar-refractivity contribution in [2.24, 2.45) is 4.99 Å². The van der Waals surface area contributed by atoms with E-state index < -0.39 is 12.0 Å². The van der Waals surface area contributed by atoms with Crippen LogP contribution >= 0.6 is 27.3 Å². The lowest BCUT2D eigenvalue weighted by molar-refractivity contribution is -0.138. The first kappa shape index (κ1) is 29.1. The maximum atomic E-state index is 14.3. The van der Waals surface area contributed by atoms with Crippen molar-refractivity contribution in [2.45, 2.75) is 32.7 Å². The highest BCUT2D eigenvalue weighted by Crippen LogP contribution is 2.40. The summed E-state index contributed by atoms with van der Waals surface area (Å²) in [5, 5.41) is 0. The van der Waals surface area contributed by atoms with Gasteiger partial charge in [-0.05, 0) is 74.2 Å². The van der Waals surface area contributed by atoms with Gasteiger partial charge in [-0.2, -0.15) is 0 Å². The molecule has 3 heterocycles. The Morgan fingerprint density at radius 2 is 1.86 bits per heavy atom. The number of nitrogens with zero attached hydrogens (tertiary/aromatic N) is 3. The molecule has 0 saturated carbocycles. The first-order valence-corrected chi connectivity index (χ1v) is 16.0. The Bertz CT molecular complexity index is 1910. The summed E-state index contributed by atoms with van der Waals surface area (Å²) in [6, 6.07) is 20.6. The number of hydrogen-bond acceptors (Lipinski definition) is 7. The number of aryl methyl sites for hydroxylation is 1. The lowest BCUT2D eigenvalue weighted by Gasteiger charge is -2.27. The minimum Gasteiger partial charge on any atom is -0.496 e. The van der Waals surface area contributed by atoms with E-state index in [1.54, 1.807) is 18.6 Å². The summed E-state index contributed by atoms with van der Waals surface area (Å²) in [5.74, 6) is 0.0200. The number of ether oxygens (including phenoxy) is 2. The van der Waals surface area contributed by atoms with Crippen molar-refractivity contribution >= 4 is 50.7 Å². The van der Waals surface area contributed by atoms with Gasteiger partial charge in [-0.25, -0.2) is 9.79 Å². The molecule has 0 unspecified atom stereocenters. The van der Waals surface area contributed by atoms with Crippen LogP contribution in [0.1, 0.15) is 48.1 Å². The van der Waals surface area contributed by atoms with E-state index in [0.717, 1.165) is 28.7 Å². The quantitative estimate of drug-likeness (QED) is 0.242. The molecule has 0 N–H and O–H groups in total. The number of anilines is 1. The van der Waals surface area contributed by atoms with Crippen LogP contribution in [-0.2, 0) is 9.53 Å². The second kappa shape index (κ2) is 12.3. The van der Waals surface area contributed by atoms with Gasteiger partial charge in [0.05, 0.1) is 29.5 Å². The maximum absolute atomic E-state index is 14.3. The van der Waals surface area contributed by atoms with Crippen molar-refractivity contribution in [3.8, 4) is 5.75 Å². The number of benzene rings is 3. The Morgan fingerprint density at radius 3 is 2.56 bits per heavy atom. The molecule has 0 spiro atoms. The molecule has 1 saturated heterocycles. The zero-order valence-electron chi connectivity index (χ0n) is 24.3. The molecule has 220 valence electrons. The average Bonchev–Trinajstić information content (AvgIpc) is 3.65. The predicted molar refractivity (Wildman–Crippen MR) is 174 cm³/mol. The van der Waals surface area contributed by atoms with Crippen molar-refractivity contribution < 1.29 is 14.3 Å². The first-order valence-electron chi connectivity index (χ1n) is 14.4. The standard InChI is InChI=1S/C34H32BrN3O4S/c1-4-42-33(40)29-30(23-10-6-5-7-11-23)36-34-38(31(29)25-20-24(35)13-15-27(25)41-3)32(39)28(43-34)19-22-12-14-26(21(2)18-22)37-16-8-9-17-37/h5-7,10-15,18-20,31H,4,8-9,16-17H2,1-3H3/b28-19-/t31-/m1/s1. The Kier molecular flexibility index (Phi) is 8.36. The summed E-state index contributed by atoms with van der Waals surface area (Å²) in [6.07, 6.45) is 4.34. The van der Waals surface area contributed by atoms with Crippen LogP contribution in [0, 0.1) is 6.92 Å². The lowest BCUT2D eigenvalue weighted by Crippen LogP contribution is -2.40. The Labute approximate surface area is 262 Å². The molecule has 9 heteroatoms. The van der Waals surface area contributed by atoms with Crippen LogP contribution in [0.5, 0.6) is 5.75 Å². The zero-order valence-corrected chi connectivity index (χ0v) is 26.7. The third kappa shape index (κ3) is 5.59. The number of carbonyl (C=O) groups excluding carboxylic acids is 1. The molecule has 2 aliphatic rings. The Hall–Kier alpha value is -3.95. The van der Waals surface area contributed by atoms with Crippen LogP contribution in [0.2, 0.25) is 0 Å². The van der Waals surface area contributed by atoms with Gasteiger partial charge in [0.15, 0.2) is 4.80 Å². The van der Waals surface area contributed by atoms with E-state index in [9.17, 15) is 9.59 Å². The van der Waals surface area contributed by atoms with E-state index in [4.69, 9.17) is 14.5 Å². The molecule has 4 aromatic rings. The molecule has 0 amide bonds. The van der Waals surface area contributed by atoms with Gasteiger partial charge in [0.2, 0.25) is 0 Å². The number of methoxy groups -OCH3 is 1. The Morgan fingerprint density at radius 1 is 1.09 bits per heavy atom. The van der Waals surface area contributed by atoms with Crippen LogP contribution in [0.25, 0.3) is 11.8 Å². The van der Waals surface area contributed by atoms with Gasteiger partial charge in [-0.1, -0.05) is 63.7 Å². The molecule has 1 atom stereocenters. The highest BCUT2D eigenvalue weighted by molar-refractivity contribution is 9.10. The number of thiazole rings is 1. The summed E-state index contributed by atoms with van der Waals surface area (Å²) >= 11 is 4.89. The molecular weight excluding hydrogens is 626 g/mol. The molecule has 43 heavy (non-hydrogen) atoms. The smallest absolute Gasteiger partial charge is 0.338 e. The second-order valence-corrected chi connectivity index (χ2v) is 12.5. The van der Waals surface area contributed by atoms with Crippen LogP contribution in [-0.4, -0.2) is 37.3 Å². The SMILES string of the molecule is CCOC(=O)C1=C(c2ccccc2)N=c2s/c(=C\c3ccc(N4CCCC4)c(C)c3)c(=O)n2[C@@H]1c1cc(Br)ccc1OC. The molecule has 6 rings (SSSR count). The summed E-state index contributed by atoms with van der Waals surface area (Å²) in [6.45, 7) is 6.21. The van der Waals surface area contributed by atoms with Crippen LogP contribution in [0.3, 0.4) is 0 Å². The molecule has 2 aliphatic heterocycles. The fraction of sp³-hybridized carbons (Fsp3) is 0.265. The topological polar surface area (TPSA) is 73.1 Å². The summed E-state index contributed by atoms with van der Waals surface area (Å²) in [5.41, 5.74) is 5.30. The van der Waals surface area contributed by atoms with Gasteiger partial charge in [-0.15, -0.1) is 0 Å². The summed E-state index contributed by atoms with van der Waals surface area (Å²) < 4.78 is 14.3. The summed E-state index contributed by atoms with van der Waals surface area (Å²) in [7, 11) is 1.58. The van der Waals surface area contributed by atoms with Crippen molar-refractivity contribution in [3.05, 3.63) is 119 Å². The van der Waals surface area contributed by atoms with Crippen molar-refractivity contribution in [1.82, 2.24) is 4.57 Å². The minimum absolute atomic E-state index is 0.184. The Balaban J connectivity index is 1.59. The number of carbonyl (C=O) groups is 1. The number of fused-ring (bicyclic) bond motifs is 1. The fourth-order valence-electron chi connectivity index (χ4n) is 5.89. The van der Waals surface area contributed by atoms with Crippen molar-refractivity contribution in [3.63, 3.8) is 0 Å². The monoisotopic (exact) mass is 657 g/mol. The normalized spacial score (nSPS) is 16.7. The van der Waals surface area contributed by atoms with E-state index in [-0.39, 0.29) is 17.7 Å². The number of esters is 1. The van der Waals surface area contributed by atoms with Gasteiger partial charge in [0, 0.05) is 34.4 Å². The zero-order chi connectivity index (χ0) is 30.1.